The summed E-state index contributed by atoms with van der Waals surface area (Å²) in [6.45, 7) is 3.82. The minimum absolute atomic E-state index is 0.114. The van der Waals surface area contributed by atoms with E-state index in [2.05, 4.69) is 11.4 Å². The van der Waals surface area contributed by atoms with Gasteiger partial charge in [-0.05, 0) is 81.3 Å². The van der Waals surface area contributed by atoms with Crippen molar-refractivity contribution in [2.24, 2.45) is 0 Å². The SMILES string of the molecule is Cc1ccc(C)c(N2C(=O)c3ccc(C(=O)OCC(=O)NCCC4=CCCCC4)cc3C2=O)c1. The molecular weight excluding hydrogens is 432 g/mol. The molecule has 0 unspecified atom stereocenters. The molecule has 34 heavy (non-hydrogen) atoms. The summed E-state index contributed by atoms with van der Waals surface area (Å²) in [7, 11) is 0. The van der Waals surface area contributed by atoms with E-state index in [0.717, 1.165) is 35.3 Å². The quantitative estimate of drug-likeness (QED) is 0.378. The van der Waals surface area contributed by atoms with Gasteiger partial charge in [0.15, 0.2) is 6.61 Å². The molecule has 7 heteroatoms. The second-order valence-corrected chi connectivity index (χ2v) is 8.78. The van der Waals surface area contributed by atoms with Crippen molar-refractivity contribution in [1.82, 2.24) is 5.32 Å². The van der Waals surface area contributed by atoms with Gasteiger partial charge < -0.3 is 10.1 Å². The average molecular weight is 461 g/mol. The zero-order valence-corrected chi connectivity index (χ0v) is 19.5. The van der Waals surface area contributed by atoms with Gasteiger partial charge in [0.05, 0.1) is 22.4 Å². The number of imide groups is 1. The molecule has 2 aromatic carbocycles. The first kappa shape index (κ1) is 23.4. The highest BCUT2D eigenvalue weighted by molar-refractivity contribution is 6.35. The lowest BCUT2D eigenvalue weighted by Crippen LogP contribution is -2.30. The van der Waals surface area contributed by atoms with Crippen LogP contribution in [0.1, 0.15) is 74.3 Å². The van der Waals surface area contributed by atoms with Crippen LogP contribution in [0.3, 0.4) is 0 Å². The maximum absolute atomic E-state index is 13.0. The van der Waals surface area contributed by atoms with Gasteiger partial charge in [-0.15, -0.1) is 0 Å². The first-order valence-corrected chi connectivity index (χ1v) is 11.6. The van der Waals surface area contributed by atoms with Crippen LogP contribution >= 0.6 is 0 Å². The highest BCUT2D eigenvalue weighted by Gasteiger charge is 2.38. The highest BCUT2D eigenvalue weighted by atomic mass is 16.5. The van der Waals surface area contributed by atoms with Crippen LogP contribution < -0.4 is 10.2 Å². The lowest BCUT2D eigenvalue weighted by atomic mass is 9.97. The number of nitrogens with one attached hydrogen (secondary N) is 1. The van der Waals surface area contributed by atoms with E-state index in [0.29, 0.717) is 12.2 Å². The number of hydrogen-bond donors (Lipinski definition) is 1. The van der Waals surface area contributed by atoms with Crippen LogP contribution in [0.2, 0.25) is 0 Å². The van der Waals surface area contributed by atoms with Crippen LogP contribution in [0.5, 0.6) is 0 Å². The number of amides is 3. The lowest BCUT2D eigenvalue weighted by molar-refractivity contribution is -0.124. The number of nitrogens with zero attached hydrogens (tertiary/aromatic N) is 1. The minimum atomic E-state index is -0.724. The van der Waals surface area contributed by atoms with Gasteiger partial charge in [0.25, 0.3) is 17.7 Å². The number of esters is 1. The second kappa shape index (κ2) is 10.0. The molecule has 2 aromatic rings. The number of allylic oxidation sites excluding steroid dienone is 1. The smallest absolute Gasteiger partial charge is 0.338 e. The Labute approximate surface area is 198 Å². The number of anilines is 1. The van der Waals surface area contributed by atoms with Crippen molar-refractivity contribution < 1.29 is 23.9 Å². The molecule has 1 N–H and O–H groups in total. The Bertz CT molecular complexity index is 1200. The molecular formula is C27H28N2O5. The van der Waals surface area contributed by atoms with Crippen LogP contribution in [0.4, 0.5) is 5.69 Å². The van der Waals surface area contributed by atoms with Crippen molar-refractivity contribution >= 4 is 29.4 Å². The summed E-state index contributed by atoms with van der Waals surface area (Å²) in [5, 5.41) is 2.76. The molecule has 0 saturated heterocycles. The Morgan fingerprint density at radius 2 is 1.79 bits per heavy atom. The van der Waals surface area contributed by atoms with Gasteiger partial charge in [-0.2, -0.15) is 0 Å². The van der Waals surface area contributed by atoms with E-state index in [9.17, 15) is 19.2 Å². The third kappa shape index (κ3) is 4.93. The molecule has 1 aliphatic carbocycles. The van der Waals surface area contributed by atoms with Crippen molar-refractivity contribution in [3.8, 4) is 0 Å². The summed E-state index contributed by atoms with van der Waals surface area (Å²) in [5.74, 6) is -2.02. The minimum Gasteiger partial charge on any atom is -0.452 e. The molecule has 0 atom stereocenters. The number of aryl methyl sites for hydroxylation is 2. The number of fused-ring (bicyclic) bond motifs is 1. The fourth-order valence-electron chi connectivity index (χ4n) is 4.31. The fourth-order valence-corrected chi connectivity index (χ4v) is 4.31. The molecule has 0 bridgehead atoms. The molecule has 7 nitrogen and oxygen atoms in total. The number of ether oxygens (including phenoxy) is 1. The van der Waals surface area contributed by atoms with E-state index < -0.39 is 24.4 Å². The zero-order valence-electron chi connectivity index (χ0n) is 19.5. The van der Waals surface area contributed by atoms with Crippen LogP contribution in [-0.2, 0) is 9.53 Å². The summed E-state index contributed by atoms with van der Waals surface area (Å²) < 4.78 is 5.13. The standard InChI is InChI=1S/C27H28N2O5/c1-17-8-9-18(2)23(14-17)29-25(31)21-11-10-20(15-22(21)26(29)32)27(33)34-16-24(30)28-13-12-19-6-4-3-5-7-19/h6,8-11,14-15H,3-5,7,12-13,16H2,1-2H3,(H,28,30). The van der Waals surface area contributed by atoms with Crippen molar-refractivity contribution in [3.63, 3.8) is 0 Å². The normalized spacial score (nSPS) is 15.1. The Balaban J connectivity index is 1.37. The third-order valence-electron chi connectivity index (χ3n) is 6.22. The summed E-state index contributed by atoms with van der Waals surface area (Å²) in [6.07, 6.45) is 7.62. The van der Waals surface area contributed by atoms with Crippen molar-refractivity contribution in [2.75, 3.05) is 18.1 Å². The Hall–Kier alpha value is -3.74. The number of carbonyl (C=O) groups excluding carboxylic acids is 4. The van der Waals surface area contributed by atoms with Crippen LogP contribution in [0.25, 0.3) is 0 Å². The molecule has 4 rings (SSSR count). The average Bonchev–Trinajstić information content (AvgIpc) is 3.09. The molecule has 0 aromatic heterocycles. The number of rotatable bonds is 7. The summed E-state index contributed by atoms with van der Waals surface area (Å²) in [5.41, 5.74) is 4.10. The van der Waals surface area contributed by atoms with E-state index in [4.69, 9.17) is 4.74 Å². The molecule has 176 valence electrons. The topological polar surface area (TPSA) is 92.8 Å². The number of benzene rings is 2. The maximum Gasteiger partial charge on any atom is 0.338 e. The molecule has 1 aliphatic heterocycles. The maximum atomic E-state index is 13.0. The van der Waals surface area contributed by atoms with E-state index in [1.807, 2.05) is 26.0 Å². The molecule has 0 saturated carbocycles. The van der Waals surface area contributed by atoms with Crippen LogP contribution in [0.15, 0.2) is 48.0 Å². The van der Waals surface area contributed by atoms with E-state index >= 15 is 0 Å². The van der Waals surface area contributed by atoms with Gasteiger partial charge >= 0.3 is 5.97 Å². The Morgan fingerprint density at radius 1 is 1.00 bits per heavy atom. The summed E-state index contributed by atoms with van der Waals surface area (Å²) in [6, 6.07) is 9.80. The fraction of sp³-hybridized carbons (Fsp3) is 0.333. The van der Waals surface area contributed by atoms with Gasteiger partial charge in [0.2, 0.25) is 0 Å². The Morgan fingerprint density at radius 3 is 2.56 bits per heavy atom. The van der Waals surface area contributed by atoms with Crippen LogP contribution in [0, 0.1) is 13.8 Å². The first-order chi connectivity index (χ1) is 16.3. The van der Waals surface area contributed by atoms with Gasteiger partial charge in [-0.25, -0.2) is 9.69 Å². The highest BCUT2D eigenvalue weighted by Crippen LogP contribution is 2.32. The van der Waals surface area contributed by atoms with Crippen LogP contribution in [-0.4, -0.2) is 36.8 Å². The summed E-state index contributed by atoms with van der Waals surface area (Å²) in [4.78, 5) is 51.6. The second-order valence-electron chi connectivity index (χ2n) is 8.78. The monoisotopic (exact) mass is 460 g/mol. The van der Waals surface area contributed by atoms with E-state index in [1.54, 1.807) is 6.07 Å². The molecule has 2 aliphatic rings. The van der Waals surface area contributed by atoms with Gasteiger partial charge in [-0.3, -0.25) is 14.4 Å². The van der Waals surface area contributed by atoms with Crippen molar-refractivity contribution in [1.29, 1.82) is 0 Å². The predicted molar refractivity (Wildman–Crippen MR) is 128 cm³/mol. The largest absolute Gasteiger partial charge is 0.452 e. The first-order valence-electron chi connectivity index (χ1n) is 11.6. The summed E-state index contributed by atoms with van der Waals surface area (Å²) >= 11 is 0. The number of hydrogen-bond acceptors (Lipinski definition) is 5. The molecule has 0 radical (unpaired) electrons. The van der Waals surface area contributed by atoms with Gasteiger partial charge in [0, 0.05) is 6.54 Å². The van der Waals surface area contributed by atoms with Gasteiger partial charge in [-0.1, -0.05) is 23.8 Å². The molecule has 3 amide bonds. The third-order valence-corrected chi connectivity index (χ3v) is 6.22. The van der Waals surface area contributed by atoms with E-state index in [1.165, 1.54) is 36.6 Å². The van der Waals surface area contributed by atoms with Gasteiger partial charge in [0.1, 0.15) is 0 Å². The van der Waals surface area contributed by atoms with Crippen molar-refractivity contribution in [3.05, 3.63) is 75.9 Å². The predicted octanol–water partition coefficient (Wildman–Crippen LogP) is 4.27. The Kier molecular flexibility index (Phi) is 6.91. The molecule has 0 fully saturated rings. The number of carbonyl (C=O) groups is 4. The lowest BCUT2D eigenvalue weighted by Gasteiger charge is -2.17. The molecule has 1 heterocycles. The van der Waals surface area contributed by atoms with E-state index in [-0.39, 0.29) is 22.6 Å². The molecule has 0 spiro atoms. The van der Waals surface area contributed by atoms with Crippen molar-refractivity contribution in [2.45, 2.75) is 46.0 Å². The zero-order chi connectivity index (χ0) is 24.2.